The van der Waals surface area contributed by atoms with Crippen LogP contribution in [0.4, 0.5) is 18.6 Å². The molecule has 1 heterocycles. The standard InChI is InChI=1S/C20H26ClF2N5O3S/c1-20(2,3)26-7-5-4-6-25-19(30)27-18-15(16(24)29)17(28-32-18)31-10-12-13(22)8-11(21)9-14(12)23/h8-9,26H,4-7,10H2,1-3H3,(H2,24,29)(H2,25,27,30). The van der Waals surface area contributed by atoms with E-state index in [1.54, 1.807) is 0 Å². The van der Waals surface area contributed by atoms with Crippen molar-refractivity contribution in [3.8, 4) is 5.88 Å². The average Bonchev–Trinajstić information content (AvgIpc) is 3.05. The van der Waals surface area contributed by atoms with Crippen LogP contribution < -0.4 is 26.4 Å². The molecule has 0 aliphatic rings. The summed E-state index contributed by atoms with van der Waals surface area (Å²) >= 11 is 6.36. The minimum atomic E-state index is -0.908. The molecule has 1 aromatic heterocycles. The van der Waals surface area contributed by atoms with E-state index in [2.05, 4.69) is 41.1 Å². The fourth-order valence-corrected chi connectivity index (χ4v) is 3.52. The summed E-state index contributed by atoms with van der Waals surface area (Å²) in [5.74, 6) is -2.95. The molecule has 5 N–H and O–H groups in total. The quantitative estimate of drug-likeness (QED) is 0.375. The molecule has 0 saturated carbocycles. The molecule has 0 unspecified atom stereocenters. The molecule has 0 bridgehead atoms. The van der Waals surface area contributed by atoms with Gasteiger partial charge in [0.1, 0.15) is 28.8 Å². The highest BCUT2D eigenvalue weighted by Gasteiger charge is 2.23. The van der Waals surface area contributed by atoms with Gasteiger partial charge in [-0.2, -0.15) is 4.37 Å². The Kier molecular flexibility index (Phi) is 9.17. The minimum absolute atomic E-state index is 0.0347. The molecule has 0 fully saturated rings. The summed E-state index contributed by atoms with van der Waals surface area (Å²) in [6.45, 7) is 6.93. The molecule has 1 aromatic carbocycles. The number of ether oxygens (including phenoxy) is 1. The van der Waals surface area contributed by atoms with Crippen molar-refractivity contribution in [3.63, 3.8) is 0 Å². The van der Waals surface area contributed by atoms with Gasteiger partial charge in [-0.3, -0.25) is 10.1 Å². The molecule has 0 aliphatic carbocycles. The van der Waals surface area contributed by atoms with E-state index in [9.17, 15) is 18.4 Å². The van der Waals surface area contributed by atoms with Gasteiger partial charge in [0.2, 0.25) is 5.88 Å². The van der Waals surface area contributed by atoms with E-state index in [4.69, 9.17) is 22.1 Å². The molecule has 0 atom stereocenters. The normalized spacial score (nSPS) is 11.3. The van der Waals surface area contributed by atoms with Crippen LogP contribution in [-0.4, -0.2) is 34.9 Å². The molecule has 12 heteroatoms. The predicted molar refractivity (Wildman–Crippen MR) is 120 cm³/mol. The maximum atomic E-state index is 13.9. The van der Waals surface area contributed by atoms with Gasteiger partial charge in [-0.25, -0.2) is 13.6 Å². The number of primary amides is 1. The first kappa shape index (κ1) is 25.8. The Balaban J connectivity index is 1.92. The van der Waals surface area contributed by atoms with Crippen molar-refractivity contribution < 1.29 is 23.1 Å². The molecule has 3 amide bonds. The lowest BCUT2D eigenvalue weighted by atomic mass is 10.1. The van der Waals surface area contributed by atoms with Crippen molar-refractivity contribution in [3.05, 3.63) is 39.9 Å². The zero-order chi connectivity index (χ0) is 23.9. The number of unbranched alkanes of at least 4 members (excludes halogenated alkanes) is 1. The van der Waals surface area contributed by atoms with Crippen molar-refractivity contribution >= 4 is 40.1 Å². The second kappa shape index (κ2) is 11.4. The Bertz CT molecular complexity index is 942. The lowest BCUT2D eigenvalue weighted by molar-refractivity contribution is 0.0996. The Labute approximate surface area is 194 Å². The molecular weight excluding hydrogens is 464 g/mol. The minimum Gasteiger partial charge on any atom is -0.471 e. The van der Waals surface area contributed by atoms with E-state index < -0.39 is 30.2 Å². The van der Waals surface area contributed by atoms with Gasteiger partial charge in [0.25, 0.3) is 5.91 Å². The van der Waals surface area contributed by atoms with Crippen molar-refractivity contribution in [1.29, 1.82) is 0 Å². The van der Waals surface area contributed by atoms with Crippen LogP contribution in [0.1, 0.15) is 49.5 Å². The number of nitrogens with one attached hydrogen (secondary N) is 3. The number of hydrogen-bond acceptors (Lipinski definition) is 6. The second-order valence-electron chi connectivity index (χ2n) is 7.96. The number of carbonyl (C=O) groups excluding carboxylic acids is 2. The predicted octanol–water partition coefficient (Wildman–Crippen LogP) is 4.04. The zero-order valence-electron chi connectivity index (χ0n) is 18.0. The monoisotopic (exact) mass is 489 g/mol. The van der Waals surface area contributed by atoms with Gasteiger partial charge in [-0.1, -0.05) is 11.6 Å². The molecule has 2 rings (SSSR count). The molecular formula is C20H26ClF2N5O3S. The van der Waals surface area contributed by atoms with Gasteiger partial charge in [0.15, 0.2) is 0 Å². The number of aromatic nitrogens is 1. The largest absolute Gasteiger partial charge is 0.471 e. The summed E-state index contributed by atoms with van der Waals surface area (Å²) in [7, 11) is 0. The second-order valence-corrected chi connectivity index (χ2v) is 9.17. The summed E-state index contributed by atoms with van der Waals surface area (Å²) in [4.78, 5) is 24.0. The van der Waals surface area contributed by atoms with Gasteiger partial charge < -0.3 is 21.1 Å². The first-order valence-corrected chi connectivity index (χ1v) is 11.0. The number of amides is 3. The van der Waals surface area contributed by atoms with Gasteiger partial charge >= 0.3 is 6.03 Å². The Hall–Kier alpha value is -2.50. The highest BCUT2D eigenvalue weighted by Crippen LogP contribution is 2.31. The fraction of sp³-hybridized carbons (Fsp3) is 0.450. The van der Waals surface area contributed by atoms with Crippen molar-refractivity contribution in [2.45, 2.75) is 45.8 Å². The Morgan fingerprint density at radius 2 is 1.81 bits per heavy atom. The maximum Gasteiger partial charge on any atom is 0.319 e. The number of nitrogens with two attached hydrogens (primary N) is 1. The third-order valence-corrected chi connectivity index (χ3v) is 5.10. The molecule has 8 nitrogen and oxygen atoms in total. The number of halogens is 3. The summed E-state index contributed by atoms with van der Waals surface area (Å²) in [5.41, 5.74) is 4.84. The molecule has 0 saturated heterocycles. The number of benzene rings is 1. The van der Waals surface area contributed by atoms with Gasteiger partial charge in [0, 0.05) is 17.1 Å². The van der Waals surface area contributed by atoms with Crippen LogP contribution in [0.5, 0.6) is 5.88 Å². The van der Waals surface area contributed by atoms with Crippen molar-refractivity contribution in [2.24, 2.45) is 5.73 Å². The molecule has 0 radical (unpaired) electrons. The molecule has 32 heavy (non-hydrogen) atoms. The Morgan fingerprint density at radius 3 is 2.41 bits per heavy atom. The average molecular weight is 490 g/mol. The lowest BCUT2D eigenvalue weighted by Gasteiger charge is -2.20. The van der Waals surface area contributed by atoms with Crippen LogP contribution in [0.2, 0.25) is 5.02 Å². The molecule has 0 aliphatic heterocycles. The highest BCUT2D eigenvalue weighted by atomic mass is 35.5. The smallest absolute Gasteiger partial charge is 0.319 e. The third kappa shape index (κ3) is 7.88. The van der Waals surface area contributed by atoms with Crippen LogP contribution in [0.25, 0.3) is 0 Å². The van der Waals surface area contributed by atoms with Crippen LogP contribution in [0.3, 0.4) is 0 Å². The van der Waals surface area contributed by atoms with E-state index in [-0.39, 0.29) is 32.6 Å². The number of hydrogen-bond donors (Lipinski definition) is 4. The number of urea groups is 1. The SMILES string of the molecule is CC(C)(C)NCCCCNC(=O)Nc1snc(OCc2c(F)cc(Cl)cc2F)c1C(N)=O. The summed E-state index contributed by atoms with van der Waals surface area (Å²) in [6, 6.07) is 1.34. The topological polar surface area (TPSA) is 118 Å². The number of nitrogens with zero attached hydrogens (tertiary/aromatic N) is 1. The third-order valence-electron chi connectivity index (χ3n) is 4.14. The van der Waals surface area contributed by atoms with E-state index >= 15 is 0 Å². The first-order chi connectivity index (χ1) is 15.0. The van der Waals surface area contributed by atoms with Crippen molar-refractivity contribution in [1.82, 2.24) is 15.0 Å². The van der Waals surface area contributed by atoms with Crippen LogP contribution in [-0.2, 0) is 6.61 Å². The lowest BCUT2D eigenvalue weighted by Crippen LogP contribution is -2.36. The number of carbonyl (C=O) groups is 2. The van der Waals surface area contributed by atoms with E-state index in [1.165, 1.54) is 0 Å². The first-order valence-electron chi connectivity index (χ1n) is 9.83. The van der Waals surface area contributed by atoms with E-state index in [0.717, 1.165) is 43.1 Å². The van der Waals surface area contributed by atoms with Crippen LogP contribution in [0.15, 0.2) is 12.1 Å². The van der Waals surface area contributed by atoms with Gasteiger partial charge in [-0.15, -0.1) is 0 Å². The van der Waals surface area contributed by atoms with E-state index in [0.29, 0.717) is 6.54 Å². The maximum absolute atomic E-state index is 13.9. The van der Waals surface area contributed by atoms with Gasteiger partial charge in [-0.05, 0) is 63.8 Å². The van der Waals surface area contributed by atoms with E-state index in [1.807, 2.05) is 0 Å². The number of rotatable bonds is 10. The van der Waals surface area contributed by atoms with Crippen LogP contribution in [0, 0.1) is 11.6 Å². The summed E-state index contributed by atoms with van der Waals surface area (Å²) in [6.07, 6.45) is 1.63. The Morgan fingerprint density at radius 1 is 1.19 bits per heavy atom. The van der Waals surface area contributed by atoms with Gasteiger partial charge in [0.05, 0.1) is 5.56 Å². The van der Waals surface area contributed by atoms with Crippen molar-refractivity contribution in [2.75, 3.05) is 18.4 Å². The molecule has 2 aromatic rings. The zero-order valence-corrected chi connectivity index (χ0v) is 19.6. The summed E-state index contributed by atoms with van der Waals surface area (Å²) in [5, 5.41) is 8.50. The highest BCUT2D eigenvalue weighted by molar-refractivity contribution is 7.11. The summed E-state index contributed by atoms with van der Waals surface area (Å²) < 4.78 is 37.1. The molecule has 0 spiro atoms. The fourth-order valence-electron chi connectivity index (χ4n) is 2.59. The number of anilines is 1. The van der Waals surface area contributed by atoms with Crippen LogP contribution >= 0.6 is 23.1 Å². The molecule has 176 valence electrons.